The summed E-state index contributed by atoms with van der Waals surface area (Å²) in [4.78, 5) is 33.4. The summed E-state index contributed by atoms with van der Waals surface area (Å²) in [7, 11) is 0. The number of hydrogen-bond acceptors (Lipinski definition) is 5. The third-order valence-corrected chi connectivity index (χ3v) is 3.78. The van der Waals surface area contributed by atoms with Crippen molar-refractivity contribution in [3.63, 3.8) is 0 Å². The van der Waals surface area contributed by atoms with Crippen LogP contribution in [0.1, 0.15) is 36.0 Å². The second kappa shape index (κ2) is 13.8. The van der Waals surface area contributed by atoms with Crippen LogP contribution < -0.4 is 20.1 Å². The van der Waals surface area contributed by atoms with Crippen molar-refractivity contribution in [2.24, 2.45) is 0 Å². The van der Waals surface area contributed by atoms with Crippen molar-refractivity contribution < 1.29 is 29.0 Å². The second-order valence-electron chi connectivity index (χ2n) is 6.10. The van der Waals surface area contributed by atoms with Crippen molar-refractivity contribution in [3.8, 4) is 11.5 Å². The van der Waals surface area contributed by atoms with Gasteiger partial charge in [0.05, 0.1) is 18.8 Å². The van der Waals surface area contributed by atoms with Gasteiger partial charge in [0, 0.05) is 19.2 Å². The number of carboxylic acid groups (broad SMARTS) is 1. The van der Waals surface area contributed by atoms with Gasteiger partial charge in [0.15, 0.2) is 0 Å². The zero-order valence-electron chi connectivity index (χ0n) is 16.4. The number of nitrogens with one attached hydrogen (secondary N) is 2. The van der Waals surface area contributed by atoms with Crippen LogP contribution in [0.4, 0.5) is 0 Å². The molecule has 0 heterocycles. The molecule has 0 aromatic heterocycles. The molecule has 0 aliphatic heterocycles. The van der Waals surface area contributed by atoms with E-state index in [1.165, 1.54) is 24.3 Å². The molecule has 0 saturated heterocycles. The Balaban J connectivity index is 2.42. The van der Waals surface area contributed by atoms with E-state index < -0.39 is 5.97 Å². The molecule has 0 radical (unpaired) electrons. The lowest BCUT2D eigenvalue weighted by Gasteiger charge is -2.11. The van der Waals surface area contributed by atoms with Crippen molar-refractivity contribution in [2.45, 2.75) is 25.7 Å². The zero-order valence-corrected chi connectivity index (χ0v) is 16.4. The summed E-state index contributed by atoms with van der Waals surface area (Å²) in [6.07, 6.45) is 5.27. The molecule has 8 heteroatoms. The van der Waals surface area contributed by atoms with Gasteiger partial charge in [0.25, 0.3) is 0 Å². The van der Waals surface area contributed by atoms with Gasteiger partial charge in [-0.05, 0) is 50.0 Å². The molecule has 3 N–H and O–H groups in total. The summed E-state index contributed by atoms with van der Waals surface area (Å²) in [6.45, 7) is 8.56. The van der Waals surface area contributed by atoms with E-state index in [1.807, 2.05) is 0 Å². The lowest BCUT2D eigenvalue weighted by molar-refractivity contribution is -0.117. The lowest BCUT2D eigenvalue weighted by atomic mass is 10.2. The Hall–Kier alpha value is -3.29. The van der Waals surface area contributed by atoms with E-state index in [4.69, 9.17) is 9.47 Å². The largest absolute Gasteiger partial charge is 0.493 e. The minimum atomic E-state index is -1.07. The number of carbonyl (C=O) groups is 3. The molecule has 0 spiro atoms. The smallest absolute Gasteiger partial charge is 0.335 e. The van der Waals surface area contributed by atoms with Crippen LogP contribution in [0.3, 0.4) is 0 Å². The molecule has 2 amide bonds. The van der Waals surface area contributed by atoms with Crippen molar-refractivity contribution in [1.29, 1.82) is 0 Å². The van der Waals surface area contributed by atoms with Crippen LogP contribution in [0.5, 0.6) is 11.5 Å². The molecule has 0 aliphatic carbocycles. The number of rotatable bonds is 15. The Morgan fingerprint density at radius 1 is 0.828 bits per heavy atom. The van der Waals surface area contributed by atoms with Gasteiger partial charge in [0.2, 0.25) is 11.8 Å². The number of unbranched alkanes of at least 4 members (excludes halogenated alkanes) is 2. The average Bonchev–Trinajstić information content (AvgIpc) is 2.72. The maximum Gasteiger partial charge on any atom is 0.335 e. The number of ether oxygens (including phenoxy) is 2. The predicted octanol–water partition coefficient (Wildman–Crippen LogP) is 2.31. The fourth-order valence-electron chi connectivity index (χ4n) is 2.26. The Bertz CT molecular complexity index is 667. The standard InChI is InChI=1S/C21H28N2O6/c1-3-19(24)22-9-5-7-11-28-17-13-16(21(26)27)14-18(15-17)29-12-8-6-10-23-20(25)4-2/h3-4,13-15H,1-2,5-12H2,(H,22,24)(H,23,25)(H,26,27). The average molecular weight is 404 g/mol. The molecule has 1 aromatic rings. The van der Waals surface area contributed by atoms with E-state index >= 15 is 0 Å². The summed E-state index contributed by atoms with van der Waals surface area (Å²) in [5, 5.41) is 14.6. The Labute approximate surface area is 170 Å². The first-order valence-corrected chi connectivity index (χ1v) is 9.40. The van der Waals surface area contributed by atoms with Gasteiger partial charge in [-0.3, -0.25) is 9.59 Å². The molecule has 1 rings (SSSR count). The fraction of sp³-hybridized carbons (Fsp3) is 0.381. The van der Waals surface area contributed by atoms with Crippen LogP contribution in [-0.4, -0.2) is 49.2 Å². The number of hydrogen-bond donors (Lipinski definition) is 3. The van der Waals surface area contributed by atoms with Gasteiger partial charge in [-0.1, -0.05) is 13.2 Å². The van der Waals surface area contributed by atoms with Gasteiger partial charge in [-0.15, -0.1) is 0 Å². The maximum absolute atomic E-state index is 11.3. The number of carboxylic acids is 1. The van der Waals surface area contributed by atoms with Gasteiger partial charge in [-0.2, -0.15) is 0 Å². The highest BCUT2D eigenvalue weighted by Crippen LogP contribution is 2.23. The highest BCUT2D eigenvalue weighted by atomic mass is 16.5. The first-order chi connectivity index (χ1) is 14.0. The summed E-state index contributed by atoms with van der Waals surface area (Å²) in [5.74, 6) is -0.684. The highest BCUT2D eigenvalue weighted by Gasteiger charge is 2.09. The molecule has 0 aliphatic rings. The molecule has 0 unspecified atom stereocenters. The Kier molecular flexibility index (Phi) is 11.3. The van der Waals surface area contributed by atoms with Gasteiger partial charge < -0.3 is 25.2 Å². The molecule has 1 aromatic carbocycles. The molecule has 0 fully saturated rings. The van der Waals surface area contributed by atoms with Crippen LogP contribution >= 0.6 is 0 Å². The topological polar surface area (TPSA) is 114 Å². The van der Waals surface area contributed by atoms with E-state index in [2.05, 4.69) is 23.8 Å². The molecule has 0 atom stereocenters. The Morgan fingerprint density at radius 3 is 1.66 bits per heavy atom. The van der Waals surface area contributed by atoms with Crippen molar-refractivity contribution in [3.05, 3.63) is 49.1 Å². The van der Waals surface area contributed by atoms with Crippen molar-refractivity contribution in [1.82, 2.24) is 10.6 Å². The normalized spacial score (nSPS) is 9.93. The Morgan fingerprint density at radius 2 is 1.28 bits per heavy atom. The fourth-order valence-corrected chi connectivity index (χ4v) is 2.26. The number of amides is 2. The molecule has 158 valence electrons. The first-order valence-electron chi connectivity index (χ1n) is 9.40. The third kappa shape index (κ3) is 10.6. The monoisotopic (exact) mass is 404 g/mol. The van der Waals surface area contributed by atoms with Crippen molar-refractivity contribution >= 4 is 17.8 Å². The van der Waals surface area contributed by atoms with E-state index in [0.29, 0.717) is 50.6 Å². The minimum Gasteiger partial charge on any atom is -0.493 e. The molecule has 8 nitrogen and oxygen atoms in total. The second-order valence-corrected chi connectivity index (χ2v) is 6.10. The van der Waals surface area contributed by atoms with Crippen LogP contribution in [0, 0.1) is 0 Å². The van der Waals surface area contributed by atoms with Crippen molar-refractivity contribution in [2.75, 3.05) is 26.3 Å². The van der Waals surface area contributed by atoms with E-state index in [1.54, 1.807) is 6.07 Å². The highest BCUT2D eigenvalue weighted by molar-refractivity contribution is 5.88. The maximum atomic E-state index is 11.3. The number of benzene rings is 1. The molecule has 29 heavy (non-hydrogen) atoms. The van der Waals surface area contributed by atoms with Gasteiger partial charge in [0.1, 0.15) is 11.5 Å². The molecular formula is C21H28N2O6. The summed E-state index contributed by atoms with van der Waals surface area (Å²) >= 11 is 0. The number of aromatic carboxylic acids is 1. The minimum absolute atomic E-state index is 0.0778. The van der Waals surface area contributed by atoms with E-state index in [-0.39, 0.29) is 17.4 Å². The summed E-state index contributed by atoms with van der Waals surface area (Å²) in [6, 6.07) is 4.53. The zero-order chi connectivity index (χ0) is 21.5. The molecule has 0 saturated carbocycles. The van der Waals surface area contributed by atoms with Gasteiger partial charge in [-0.25, -0.2) is 4.79 Å². The summed E-state index contributed by atoms with van der Waals surface area (Å²) in [5.41, 5.74) is 0.0778. The SMILES string of the molecule is C=CC(=O)NCCCCOc1cc(OCCCCNC(=O)C=C)cc(C(=O)O)c1. The van der Waals surface area contributed by atoms with Crippen LogP contribution in [-0.2, 0) is 9.59 Å². The van der Waals surface area contributed by atoms with Crippen LogP contribution in [0.25, 0.3) is 0 Å². The first kappa shape index (κ1) is 23.7. The lowest BCUT2D eigenvalue weighted by Crippen LogP contribution is -2.22. The van der Waals surface area contributed by atoms with Crippen LogP contribution in [0.15, 0.2) is 43.5 Å². The van der Waals surface area contributed by atoms with E-state index in [0.717, 1.165) is 12.8 Å². The van der Waals surface area contributed by atoms with Gasteiger partial charge >= 0.3 is 5.97 Å². The predicted molar refractivity (Wildman–Crippen MR) is 109 cm³/mol. The molecular weight excluding hydrogens is 376 g/mol. The third-order valence-electron chi connectivity index (χ3n) is 3.78. The summed E-state index contributed by atoms with van der Waals surface area (Å²) < 4.78 is 11.2. The van der Waals surface area contributed by atoms with Crippen LogP contribution in [0.2, 0.25) is 0 Å². The number of carbonyl (C=O) groups excluding carboxylic acids is 2. The molecule has 0 bridgehead atoms. The van der Waals surface area contributed by atoms with E-state index in [9.17, 15) is 19.5 Å². The quantitative estimate of drug-likeness (QED) is 0.305.